The Morgan fingerprint density at radius 3 is 2.50 bits per heavy atom. The number of carboxylic acids is 1. The van der Waals surface area contributed by atoms with Crippen molar-refractivity contribution in [1.82, 2.24) is 0 Å². The molecule has 0 bridgehead atoms. The second-order valence-electron chi connectivity index (χ2n) is 6.25. The van der Waals surface area contributed by atoms with Crippen LogP contribution >= 0.6 is 0 Å². The van der Waals surface area contributed by atoms with Gasteiger partial charge in [-0.3, -0.25) is 4.79 Å². The normalized spacial score (nSPS) is 13.8. The minimum absolute atomic E-state index is 0.129. The van der Waals surface area contributed by atoms with Gasteiger partial charge in [0, 0.05) is 17.6 Å². The molecule has 2 aromatic carbocycles. The highest BCUT2D eigenvalue weighted by Gasteiger charge is 2.25. The molecule has 4 nitrogen and oxygen atoms in total. The van der Waals surface area contributed by atoms with Gasteiger partial charge in [0.2, 0.25) is 0 Å². The molecule has 5 heteroatoms. The van der Waals surface area contributed by atoms with E-state index in [-0.39, 0.29) is 23.3 Å². The van der Waals surface area contributed by atoms with E-state index in [9.17, 15) is 14.0 Å². The summed E-state index contributed by atoms with van der Waals surface area (Å²) in [5, 5.41) is 9.16. The van der Waals surface area contributed by atoms with Crippen LogP contribution in [-0.2, 0) is 16.0 Å². The molecule has 0 aromatic heterocycles. The van der Waals surface area contributed by atoms with E-state index >= 15 is 0 Å². The van der Waals surface area contributed by atoms with Crippen LogP contribution in [-0.4, -0.2) is 24.0 Å². The minimum Gasteiger partial charge on any atom is -0.497 e. The number of carbonyl (C=O) groups is 2. The second-order valence-corrected chi connectivity index (χ2v) is 6.25. The Balaban J connectivity index is 1.83. The van der Waals surface area contributed by atoms with Crippen LogP contribution in [0.5, 0.6) is 5.75 Å². The lowest BCUT2D eigenvalue weighted by atomic mass is 9.97. The number of allylic oxidation sites excluding steroid dienone is 1. The highest BCUT2D eigenvalue weighted by Crippen LogP contribution is 2.29. The maximum absolute atomic E-state index is 14.5. The number of methoxy groups -OCH3 is 1. The summed E-state index contributed by atoms with van der Waals surface area (Å²) in [7, 11) is 1.57. The van der Waals surface area contributed by atoms with Gasteiger partial charge in [0.05, 0.1) is 7.11 Å². The Bertz CT molecular complexity index is 899. The zero-order valence-electron chi connectivity index (χ0n) is 14.4. The number of ether oxygens (including phenoxy) is 1. The van der Waals surface area contributed by atoms with Crippen LogP contribution < -0.4 is 4.74 Å². The molecular weight excluding hydrogens is 335 g/mol. The van der Waals surface area contributed by atoms with E-state index in [0.717, 1.165) is 5.56 Å². The van der Waals surface area contributed by atoms with Crippen LogP contribution in [0.4, 0.5) is 4.39 Å². The highest BCUT2D eigenvalue weighted by molar-refractivity contribution is 6.04. The molecule has 1 aliphatic rings. The first-order chi connectivity index (χ1) is 12.5. The van der Waals surface area contributed by atoms with Crippen molar-refractivity contribution in [3.8, 4) is 16.9 Å². The monoisotopic (exact) mass is 354 g/mol. The third kappa shape index (κ3) is 3.67. The Hall–Kier alpha value is -2.95. The number of ketones is 1. The summed E-state index contributed by atoms with van der Waals surface area (Å²) in [5.41, 5.74) is 2.26. The predicted octanol–water partition coefficient (Wildman–Crippen LogP) is 4.18. The van der Waals surface area contributed by atoms with Crippen molar-refractivity contribution in [2.45, 2.75) is 25.7 Å². The molecule has 0 aliphatic heterocycles. The van der Waals surface area contributed by atoms with Crippen LogP contribution in [0.2, 0.25) is 0 Å². The lowest BCUT2D eigenvalue weighted by Crippen LogP contribution is -2.11. The molecule has 3 rings (SSSR count). The fourth-order valence-corrected chi connectivity index (χ4v) is 3.24. The molecule has 0 radical (unpaired) electrons. The first-order valence-electron chi connectivity index (χ1n) is 8.41. The maximum atomic E-state index is 14.5. The average molecular weight is 354 g/mol. The molecule has 0 spiro atoms. The number of halogens is 1. The van der Waals surface area contributed by atoms with E-state index in [2.05, 4.69) is 0 Å². The van der Waals surface area contributed by atoms with E-state index in [1.54, 1.807) is 19.2 Å². The molecule has 0 amide bonds. The second kappa shape index (κ2) is 7.52. The van der Waals surface area contributed by atoms with Crippen molar-refractivity contribution in [2.75, 3.05) is 7.11 Å². The highest BCUT2D eigenvalue weighted by atomic mass is 19.1. The molecule has 0 saturated heterocycles. The molecule has 2 aromatic rings. The van der Waals surface area contributed by atoms with Crippen molar-refractivity contribution in [3.63, 3.8) is 0 Å². The standard InChI is InChI=1S/C21H19FO4/c1-26-16-5-2-4-13(10-16)14-8-9-15(19(22)11-14)12-20(23)17-6-3-7-18(17)21(24)25/h2,4-5,8-11H,3,6-7,12H2,1H3,(H,24,25). The van der Waals surface area contributed by atoms with Crippen molar-refractivity contribution in [3.05, 3.63) is 65.0 Å². The van der Waals surface area contributed by atoms with Crippen LogP contribution in [0.25, 0.3) is 11.1 Å². The fourth-order valence-electron chi connectivity index (χ4n) is 3.24. The molecule has 26 heavy (non-hydrogen) atoms. The van der Waals surface area contributed by atoms with Crippen LogP contribution in [0, 0.1) is 5.82 Å². The van der Waals surface area contributed by atoms with E-state index < -0.39 is 11.8 Å². The number of carboxylic acid groups (broad SMARTS) is 1. The zero-order chi connectivity index (χ0) is 18.7. The fraction of sp³-hybridized carbons (Fsp3) is 0.238. The predicted molar refractivity (Wildman–Crippen MR) is 95.6 cm³/mol. The first-order valence-corrected chi connectivity index (χ1v) is 8.41. The van der Waals surface area contributed by atoms with Gasteiger partial charge in [-0.05, 0) is 54.2 Å². The van der Waals surface area contributed by atoms with Crippen molar-refractivity contribution in [2.24, 2.45) is 0 Å². The van der Waals surface area contributed by atoms with Gasteiger partial charge in [0.15, 0.2) is 5.78 Å². The number of benzene rings is 2. The number of hydrogen-bond donors (Lipinski definition) is 1. The Morgan fingerprint density at radius 1 is 1.08 bits per heavy atom. The maximum Gasteiger partial charge on any atom is 0.331 e. The van der Waals surface area contributed by atoms with Gasteiger partial charge in [-0.15, -0.1) is 0 Å². The number of Topliss-reactive ketones (excluding diaryl/α,β-unsaturated/α-hetero) is 1. The third-order valence-corrected chi connectivity index (χ3v) is 4.62. The number of hydrogen-bond acceptors (Lipinski definition) is 3. The quantitative estimate of drug-likeness (QED) is 0.845. The van der Waals surface area contributed by atoms with E-state index in [1.807, 2.05) is 24.3 Å². The molecule has 0 heterocycles. The molecule has 0 unspecified atom stereocenters. The van der Waals surface area contributed by atoms with Gasteiger partial charge in [-0.1, -0.05) is 24.3 Å². The first kappa shape index (κ1) is 17.9. The molecular formula is C21H19FO4. The lowest BCUT2D eigenvalue weighted by Gasteiger charge is -2.09. The molecule has 0 saturated carbocycles. The van der Waals surface area contributed by atoms with E-state index in [1.165, 1.54) is 6.07 Å². The molecule has 0 fully saturated rings. The molecule has 1 N–H and O–H groups in total. The summed E-state index contributed by atoms with van der Waals surface area (Å²) >= 11 is 0. The lowest BCUT2D eigenvalue weighted by molar-refractivity contribution is -0.133. The molecule has 0 atom stereocenters. The number of rotatable bonds is 6. The third-order valence-electron chi connectivity index (χ3n) is 4.62. The van der Waals surface area contributed by atoms with Crippen LogP contribution in [0.15, 0.2) is 53.6 Å². The van der Waals surface area contributed by atoms with Gasteiger partial charge >= 0.3 is 5.97 Å². The summed E-state index contributed by atoms with van der Waals surface area (Å²) in [6, 6.07) is 12.0. The van der Waals surface area contributed by atoms with Gasteiger partial charge in [-0.2, -0.15) is 0 Å². The Labute approximate surface area is 150 Å². The van der Waals surface area contributed by atoms with Crippen LogP contribution in [0.1, 0.15) is 24.8 Å². The summed E-state index contributed by atoms with van der Waals surface area (Å²) < 4.78 is 19.7. The van der Waals surface area contributed by atoms with Crippen LogP contribution in [0.3, 0.4) is 0 Å². The summed E-state index contributed by atoms with van der Waals surface area (Å²) in [4.78, 5) is 23.6. The zero-order valence-corrected chi connectivity index (χ0v) is 14.4. The van der Waals surface area contributed by atoms with Gasteiger partial charge in [0.25, 0.3) is 0 Å². The topological polar surface area (TPSA) is 63.6 Å². The SMILES string of the molecule is COc1cccc(-c2ccc(CC(=O)C3=C(C(=O)O)CCC3)c(F)c2)c1. The summed E-state index contributed by atoms with van der Waals surface area (Å²) in [6.07, 6.45) is 1.37. The largest absolute Gasteiger partial charge is 0.497 e. The van der Waals surface area contributed by atoms with E-state index in [0.29, 0.717) is 36.1 Å². The summed E-state index contributed by atoms with van der Waals surface area (Å²) in [5.74, 6) is -1.17. The minimum atomic E-state index is -1.06. The Morgan fingerprint density at radius 2 is 1.81 bits per heavy atom. The number of aliphatic carboxylic acids is 1. The Kier molecular flexibility index (Phi) is 5.16. The molecule has 1 aliphatic carbocycles. The number of carbonyl (C=O) groups excluding carboxylic acids is 1. The smallest absolute Gasteiger partial charge is 0.331 e. The van der Waals surface area contributed by atoms with Gasteiger partial charge in [0.1, 0.15) is 11.6 Å². The summed E-state index contributed by atoms with van der Waals surface area (Å²) in [6.45, 7) is 0. The van der Waals surface area contributed by atoms with Gasteiger partial charge in [-0.25, -0.2) is 9.18 Å². The van der Waals surface area contributed by atoms with E-state index in [4.69, 9.17) is 9.84 Å². The average Bonchev–Trinajstić information content (AvgIpc) is 3.13. The molecule has 134 valence electrons. The van der Waals surface area contributed by atoms with Crippen molar-refractivity contribution in [1.29, 1.82) is 0 Å². The van der Waals surface area contributed by atoms with Crippen molar-refractivity contribution < 1.29 is 23.8 Å². The van der Waals surface area contributed by atoms with Gasteiger partial charge < -0.3 is 9.84 Å². The van der Waals surface area contributed by atoms with Crippen molar-refractivity contribution >= 4 is 11.8 Å².